The summed E-state index contributed by atoms with van der Waals surface area (Å²) in [6.45, 7) is 3.48. The van der Waals surface area contributed by atoms with Gasteiger partial charge in [-0.3, -0.25) is 19.4 Å². The Morgan fingerprint density at radius 2 is 1.82 bits per heavy atom. The fraction of sp³-hybridized carbons (Fsp3) is 0.269. The molecule has 0 spiro atoms. The molecule has 0 saturated carbocycles. The predicted molar refractivity (Wildman–Crippen MR) is 140 cm³/mol. The summed E-state index contributed by atoms with van der Waals surface area (Å²) in [5.74, 6) is -2.98. The number of nitrogen functional groups attached to an aromatic ring is 1. The molecule has 2 aliphatic heterocycles. The summed E-state index contributed by atoms with van der Waals surface area (Å²) in [4.78, 5) is 57.0. The van der Waals surface area contributed by atoms with Crippen molar-refractivity contribution in [1.82, 2.24) is 20.5 Å². The number of pyridine rings is 1. The Labute approximate surface area is 221 Å². The maximum atomic E-state index is 13.5. The van der Waals surface area contributed by atoms with E-state index in [2.05, 4.69) is 15.6 Å². The number of hydrogen-bond donors (Lipinski definition) is 5. The molecule has 1 aromatic heterocycles. The van der Waals surface area contributed by atoms with Gasteiger partial charge in [0, 0.05) is 16.3 Å². The molecule has 12 heteroatoms. The van der Waals surface area contributed by atoms with Gasteiger partial charge in [0.2, 0.25) is 11.8 Å². The lowest BCUT2D eigenvalue weighted by Crippen LogP contribution is -2.71. The fourth-order valence-corrected chi connectivity index (χ4v) is 6.53. The molecular formula is C26H25N5O6S. The number of benzene rings is 2. The number of nitrogens with two attached hydrogens (primary N) is 1. The zero-order valence-corrected chi connectivity index (χ0v) is 21.2. The van der Waals surface area contributed by atoms with Crippen molar-refractivity contribution in [2.45, 2.75) is 42.1 Å². The van der Waals surface area contributed by atoms with E-state index in [-0.39, 0.29) is 17.0 Å². The third kappa shape index (κ3) is 4.16. The zero-order chi connectivity index (χ0) is 27.4. The van der Waals surface area contributed by atoms with Crippen LogP contribution in [0, 0.1) is 0 Å². The summed E-state index contributed by atoms with van der Waals surface area (Å²) in [6.07, 6.45) is 1.33. The average molecular weight is 536 g/mol. The van der Waals surface area contributed by atoms with Gasteiger partial charge < -0.3 is 31.5 Å². The summed E-state index contributed by atoms with van der Waals surface area (Å²) in [6, 6.07) is 9.53. The van der Waals surface area contributed by atoms with Crippen LogP contribution in [0.15, 0.2) is 54.7 Å². The molecular weight excluding hydrogens is 510 g/mol. The van der Waals surface area contributed by atoms with Crippen LogP contribution in [0.1, 0.15) is 35.8 Å². The Bertz CT molecular complexity index is 1480. The Balaban J connectivity index is 1.41. The number of para-hydroxylation sites is 1. The summed E-state index contributed by atoms with van der Waals surface area (Å²) in [5, 5.41) is 24.7. The number of phenols is 1. The lowest BCUT2D eigenvalue weighted by atomic mass is 9.95. The van der Waals surface area contributed by atoms with Gasteiger partial charge in [-0.1, -0.05) is 30.3 Å². The quantitative estimate of drug-likeness (QED) is 0.294. The number of thioether (sulfide) groups is 1. The summed E-state index contributed by atoms with van der Waals surface area (Å²) < 4.78 is -0.753. The van der Waals surface area contributed by atoms with Gasteiger partial charge >= 0.3 is 5.97 Å². The van der Waals surface area contributed by atoms with Crippen molar-refractivity contribution in [3.63, 3.8) is 0 Å². The van der Waals surface area contributed by atoms with Gasteiger partial charge in [0.25, 0.3) is 5.91 Å². The van der Waals surface area contributed by atoms with E-state index in [1.54, 1.807) is 38.1 Å². The summed E-state index contributed by atoms with van der Waals surface area (Å²) in [7, 11) is 0. The summed E-state index contributed by atoms with van der Waals surface area (Å²) in [5.41, 5.74) is 7.48. The number of aliphatic carboxylic acids is 1. The molecule has 5 rings (SSSR count). The maximum Gasteiger partial charge on any atom is 0.327 e. The number of carbonyl (C=O) groups is 4. The number of nitrogens with zero attached hydrogens (tertiary/aromatic N) is 2. The van der Waals surface area contributed by atoms with Crippen molar-refractivity contribution in [2.75, 3.05) is 5.73 Å². The van der Waals surface area contributed by atoms with Crippen molar-refractivity contribution in [1.29, 1.82) is 0 Å². The Kier molecular flexibility index (Phi) is 6.14. The number of rotatable bonds is 6. The standard InChI is InChI=1S/C26H25N5O6S/c1-26(2)20(25(36)37)31-23(35)19(24(31)38-26)30-22(34)18(12-7-9-13(32)10-8-12)29-21(33)15-11-28-16-6-4-3-5-14(16)17(15)27/h3-11,18-20,24,32H,1-2H3,(H2,27,28)(H,29,33)(H,30,34)(H,36,37)/t18?,19-,20+,24-/m1/s1. The molecule has 38 heavy (non-hydrogen) atoms. The number of amides is 3. The molecule has 0 aliphatic carbocycles. The molecule has 4 atom stereocenters. The van der Waals surface area contributed by atoms with Gasteiger partial charge in [-0.05, 0) is 37.6 Å². The van der Waals surface area contributed by atoms with E-state index in [0.29, 0.717) is 16.5 Å². The third-order valence-electron chi connectivity index (χ3n) is 6.80. The highest BCUT2D eigenvalue weighted by Crippen LogP contribution is 2.50. The smallest absolute Gasteiger partial charge is 0.327 e. The molecule has 3 heterocycles. The number of carbonyl (C=O) groups excluding carboxylic acids is 3. The number of anilines is 1. The first-order valence-electron chi connectivity index (χ1n) is 11.8. The van der Waals surface area contributed by atoms with Crippen LogP contribution >= 0.6 is 11.8 Å². The highest BCUT2D eigenvalue weighted by molar-refractivity contribution is 8.01. The van der Waals surface area contributed by atoms with Crippen LogP contribution in [0.2, 0.25) is 0 Å². The molecule has 6 N–H and O–H groups in total. The second kappa shape index (κ2) is 9.21. The first-order valence-corrected chi connectivity index (χ1v) is 12.6. The van der Waals surface area contributed by atoms with Gasteiger partial charge in [-0.25, -0.2) is 4.79 Å². The number of carboxylic acid groups (broad SMARTS) is 1. The van der Waals surface area contributed by atoms with Gasteiger partial charge in [0.15, 0.2) is 0 Å². The molecule has 3 amide bonds. The lowest BCUT2D eigenvalue weighted by Gasteiger charge is -2.44. The number of fused-ring (bicyclic) bond motifs is 2. The monoisotopic (exact) mass is 535 g/mol. The number of phenolic OH excluding ortho intramolecular Hbond substituents is 1. The number of β-lactam (4-membered cyclic amide) rings is 1. The van der Waals surface area contributed by atoms with Crippen LogP contribution < -0.4 is 16.4 Å². The van der Waals surface area contributed by atoms with Crippen molar-refractivity contribution in [2.24, 2.45) is 0 Å². The van der Waals surface area contributed by atoms with E-state index in [4.69, 9.17) is 5.73 Å². The van der Waals surface area contributed by atoms with Crippen LogP contribution in [0.4, 0.5) is 5.69 Å². The average Bonchev–Trinajstić information content (AvgIpc) is 3.14. The van der Waals surface area contributed by atoms with Gasteiger partial charge in [-0.2, -0.15) is 0 Å². The maximum absolute atomic E-state index is 13.5. The van der Waals surface area contributed by atoms with Crippen LogP contribution in [-0.4, -0.2) is 66.0 Å². The van der Waals surface area contributed by atoms with Crippen molar-refractivity contribution in [3.8, 4) is 5.75 Å². The molecule has 2 fully saturated rings. The third-order valence-corrected chi connectivity index (χ3v) is 8.37. The topological polar surface area (TPSA) is 175 Å². The lowest BCUT2D eigenvalue weighted by molar-refractivity contribution is -0.161. The number of nitrogens with one attached hydrogen (secondary N) is 2. The Morgan fingerprint density at radius 3 is 2.50 bits per heavy atom. The number of aromatic nitrogens is 1. The number of aromatic hydroxyl groups is 1. The van der Waals surface area contributed by atoms with Crippen LogP contribution in [0.25, 0.3) is 10.9 Å². The van der Waals surface area contributed by atoms with E-state index in [9.17, 15) is 29.4 Å². The normalized spacial score (nSPS) is 22.3. The Morgan fingerprint density at radius 1 is 1.13 bits per heavy atom. The van der Waals surface area contributed by atoms with Crippen molar-refractivity contribution >= 4 is 52.0 Å². The first kappa shape index (κ1) is 25.3. The molecule has 3 aromatic rings. The highest BCUT2D eigenvalue weighted by Gasteiger charge is 2.64. The fourth-order valence-electron chi connectivity index (χ4n) is 4.90. The van der Waals surface area contributed by atoms with Gasteiger partial charge in [-0.15, -0.1) is 11.8 Å². The van der Waals surface area contributed by atoms with Crippen molar-refractivity contribution in [3.05, 3.63) is 65.9 Å². The molecule has 0 radical (unpaired) electrons. The largest absolute Gasteiger partial charge is 0.508 e. The molecule has 2 aliphatic rings. The zero-order valence-electron chi connectivity index (χ0n) is 20.4. The highest BCUT2D eigenvalue weighted by atomic mass is 32.2. The van der Waals surface area contributed by atoms with E-state index < -0.39 is 51.9 Å². The second-order valence-corrected chi connectivity index (χ2v) is 11.5. The molecule has 0 bridgehead atoms. The first-order chi connectivity index (χ1) is 18.0. The van der Waals surface area contributed by atoms with Gasteiger partial charge in [0.1, 0.15) is 29.2 Å². The van der Waals surface area contributed by atoms with Crippen LogP contribution in [0.5, 0.6) is 5.75 Å². The number of carboxylic acids is 1. The summed E-state index contributed by atoms with van der Waals surface area (Å²) >= 11 is 1.30. The predicted octanol–water partition coefficient (Wildman–Crippen LogP) is 1.63. The van der Waals surface area contributed by atoms with E-state index in [0.717, 1.165) is 0 Å². The van der Waals surface area contributed by atoms with Crippen LogP contribution in [0.3, 0.4) is 0 Å². The van der Waals surface area contributed by atoms with E-state index in [1.165, 1.54) is 47.1 Å². The number of hydrogen-bond acceptors (Lipinski definition) is 8. The molecule has 2 aromatic carbocycles. The molecule has 11 nitrogen and oxygen atoms in total. The van der Waals surface area contributed by atoms with Crippen molar-refractivity contribution < 1.29 is 29.4 Å². The second-order valence-electron chi connectivity index (χ2n) is 9.69. The minimum absolute atomic E-state index is 0.0312. The molecule has 196 valence electrons. The van der Waals surface area contributed by atoms with E-state index in [1.807, 2.05) is 0 Å². The van der Waals surface area contributed by atoms with Crippen LogP contribution in [-0.2, 0) is 14.4 Å². The van der Waals surface area contributed by atoms with E-state index >= 15 is 0 Å². The Hall–Kier alpha value is -4.32. The molecule has 1 unspecified atom stereocenters. The minimum Gasteiger partial charge on any atom is -0.508 e. The van der Waals surface area contributed by atoms with Gasteiger partial charge in [0.05, 0.1) is 16.8 Å². The minimum atomic E-state index is -1.24. The SMILES string of the molecule is CC1(C)S[C@@H]2[C@H](NC(=O)C(NC(=O)c3cnc4ccccc4c3N)c3ccc(O)cc3)C(=O)N2[C@H]1C(=O)O. The molecule has 2 saturated heterocycles.